The predicted octanol–water partition coefficient (Wildman–Crippen LogP) is 2.22. The van der Waals surface area contributed by atoms with Crippen LogP contribution in [0.25, 0.3) is 0 Å². The predicted molar refractivity (Wildman–Crippen MR) is 84.0 cm³/mol. The highest BCUT2D eigenvalue weighted by Gasteiger charge is 2.24. The number of aliphatic carboxylic acids is 1. The molecule has 1 aromatic carbocycles. The van der Waals surface area contributed by atoms with Crippen LogP contribution in [0.3, 0.4) is 0 Å². The molecule has 0 aromatic heterocycles. The van der Waals surface area contributed by atoms with E-state index in [1.807, 2.05) is 0 Å². The van der Waals surface area contributed by atoms with Crippen LogP contribution in [0, 0.1) is 0 Å². The van der Waals surface area contributed by atoms with E-state index in [4.69, 9.17) is 14.2 Å². The standard InChI is InChI=1S/C16H23NO6/c1-16(2,3)23-15(20)17-13(14(18)19)8-10-6-11(21-4)9-12(7-10)22-5/h6-7,9,13H,8H2,1-5H3,(H,17,20)(H,18,19)/t13-/m0/s1. The van der Waals surface area contributed by atoms with Crippen LogP contribution in [0.2, 0.25) is 0 Å². The van der Waals surface area contributed by atoms with Gasteiger partial charge in [-0.05, 0) is 38.5 Å². The minimum absolute atomic E-state index is 0.0716. The first-order valence-electron chi connectivity index (χ1n) is 7.09. The molecule has 0 bridgehead atoms. The van der Waals surface area contributed by atoms with Gasteiger partial charge in [0.25, 0.3) is 0 Å². The monoisotopic (exact) mass is 325 g/mol. The van der Waals surface area contributed by atoms with Crippen molar-refractivity contribution < 1.29 is 28.9 Å². The van der Waals surface area contributed by atoms with E-state index in [9.17, 15) is 14.7 Å². The van der Waals surface area contributed by atoms with Crippen molar-refractivity contribution in [3.8, 4) is 11.5 Å². The Morgan fingerprint density at radius 3 is 2.04 bits per heavy atom. The van der Waals surface area contributed by atoms with E-state index in [1.54, 1.807) is 39.0 Å². The molecule has 7 nitrogen and oxygen atoms in total. The molecule has 1 aromatic rings. The Morgan fingerprint density at radius 1 is 1.13 bits per heavy atom. The van der Waals surface area contributed by atoms with Crippen LogP contribution in [0.4, 0.5) is 4.79 Å². The highest BCUT2D eigenvalue weighted by atomic mass is 16.6. The topological polar surface area (TPSA) is 94.1 Å². The molecular formula is C16H23NO6. The number of carbonyl (C=O) groups is 2. The number of methoxy groups -OCH3 is 2. The van der Waals surface area contributed by atoms with E-state index in [-0.39, 0.29) is 6.42 Å². The molecule has 23 heavy (non-hydrogen) atoms. The molecule has 0 spiro atoms. The molecule has 0 saturated heterocycles. The lowest BCUT2D eigenvalue weighted by molar-refractivity contribution is -0.139. The first kappa shape index (κ1) is 18.6. The fourth-order valence-corrected chi connectivity index (χ4v) is 1.87. The minimum atomic E-state index is -1.15. The van der Waals surface area contributed by atoms with E-state index < -0.39 is 23.7 Å². The number of amides is 1. The zero-order valence-electron chi connectivity index (χ0n) is 14.0. The minimum Gasteiger partial charge on any atom is -0.497 e. The Morgan fingerprint density at radius 2 is 1.65 bits per heavy atom. The Bertz CT molecular complexity index is 542. The molecule has 1 rings (SSSR count). The van der Waals surface area contributed by atoms with Crippen molar-refractivity contribution in [2.45, 2.75) is 38.8 Å². The summed E-state index contributed by atoms with van der Waals surface area (Å²) >= 11 is 0. The van der Waals surface area contributed by atoms with Crippen molar-refractivity contribution in [1.82, 2.24) is 5.32 Å². The number of hydrogen-bond donors (Lipinski definition) is 2. The van der Waals surface area contributed by atoms with Crippen LogP contribution in [0.1, 0.15) is 26.3 Å². The molecule has 0 aliphatic carbocycles. The maximum Gasteiger partial charge on any atom is 0.408 e. The Kier molecular flexibility index (Phi) is 6.24. The van der Waals surface area contributed by atoms with Crippen molar-refractivity contribution in [2.75, 3.05) is 14.2 Å². The van der Waals surface area contributed by atoms with Gasteiger partial charge in [-0.15, -0.1) is 0 Å². The number of benzene rings is 1. The summed E-state index contributed by atoms with van der Waals surface area (Å²) < 4.78 is 15.4. The van der Waals surface area contributed by atoms with Gasteiger partial charge in [0.2, 0.25) is 0 Å². The molecule has 0 aliphatic heterocycles. The maximum atomic E-state index is 11.8. The fraction of sp³-hybridized carbons (Fsp3) is 0.500. The molecule has 7 heteroatoms. The van der Waals surface area contributed by atoms with Crippen LogP contribution in [0.5, 0.6) is 11.5 Å². The summed E-state index contributed by atoms with van der Waals surface area (Å²) in [5.41, 5.74) is -0.0450. The summed E-state index contributed by atoms with van der Waals surface area (Å²) in [6.45, 7) is 5.11. The summed E-state index contributed by atoms with van der Waals surface area (Å²) in [4.78, 5) is 23.1. The van der Waals surface area contributed by atoms with E-state index in [0.717, 1.165) is 0 Å². The average Bonchev–Trinajstić information content (AvgIpc) is 2.43. The smallest absolute Gasteiger partial charge is 0.408 e. The quantitative estimate of drug-likeness (QED) is 0.833. The SMILES string of the molecule is COc1cc(C[C@H](NC(=O)OC(C)(C)C)C(=O)O)cc(OC)c1. The van der Waals surface area contributed by atoms with Crippen LogP contribution >= 0.6 is 0 Å². The molecule has 2 N–H and O–H groups in total. The van der Waals surface area contributed by atoms with Crippen molar-refractivity contribution in [1.29, 1.82) is 0 Å². The van der Waals surface area contributed by atoms with Crippen molar-refractivity contribution in [2.24, 2.45) is 0 Å². The number of carboxylic acids is 1. The number of ether oxygens (including phenoxy) is 3. The zero-order valence-corrected chi connectivity index (χ0v) is 14.0. The van der Waals surface area contributed by atoms with Gasteiger partial charge in [0.1, 0.15) is 23.1 Å². The third kappa shape index (κ3) is 6.46. The second kappa shape index (κ2) is 7.71. The highest BCUT2D eigenvalue weighted by Crippen LogP contribution is 2.23. The summed E-state index contributed by atoms with van der Waals surface area (Å²) in [5.74, 6) is -0.0702. The number of nitrogens with one attached hydrogen (secondary N) is 1. The van der Waals surface area contributed by atoms with Gasteiger partial charge in [0.15, 0.2) is 0 Å². The van der Waals surface area contributed by atoms with Gasteiger partial charge in [-0.3, -0.25) is 0 Å². The average molecular weight is 325 g/mol. The normalized spacial score (nSPS) is 12.2. The first-order chi connectivity index (χ1) is 10.6. The fourth-order valence-electron chi connectivity index (χ4n) is 1.87. The molecule has 0 unspecified atom stereocenters. The van der Waals surface area contributed by atoms with E-state index in [1.165, 1.54) is 14.2 Å². The molecule has 1 amide bonds. The van der Waals surface area contributed by atoms with E-state index in [2.05, 4.69) is 5.32 Å². The molecule has 0 saturated carbocycles. The number of carboxylic acid groups (broad SMARTS) is 1. The van der Waals surface area contributed by atoms with Crippen LogP contribution in [-0.2, 0) is 16.0 Å². The lowest BCUT2D eigenvalue weighted by Gasteiger charge is -2.22. The van der Waals surface area contributed by atoms with Gasteiger partial charge in [0, 0.05) is 12.5 Å². The summed E-state index contributed by atoms with van der Waals surface area (Å²) in [5, 5.41) is 11.7. The van der Waals surface area contributed by atoms with Gasteiger partial charge in [-0.1, -0.05) is 0 Å². The van der Waals surface area contributed by atoms with Crippen molar-refractivity contribution >= 4 is 12.1 Å². The summed E-state index contributed by atoms with van der Waals surface area (Å²) in [6.07, 6.45) is -0.706. The van der Waals surface area contributed by atoms with Crippen molar-refractivity contribution in [3.05, 3.63) is 23.8 Å². The van der Waals surface area contributed by atoms with E-state index in [0.29, 0.717) is 17.1 Å². The van der Waals surface area contributed by atoms with Crippen LogP contribution < -0.4 is 14.8 Å². The highest BCUT2D eigenvalue weighted by molar-refractivity contribution is 5.80. The van der Waals surface area contributed by atoms with Crippen LogP contribution in [-0.4, -0.2) is 43.0 Å². The number of hydrogen-bond acceptors (Lipinski definition) is 5. The third-order valence-corrected chi connectivity index (χ3v) is 2.84. The molecule has 128 valence electrons. The third-order valence-electron chi connectivity index (χ3n) is 2.84. The lowest BCUT2D eigenvalue weighted by Crippen LogP contribution is -2.44. The van der Waals surface area contributed by atoms with Crippen molar-refractivity contribution in [3.63, 3.8) is 0 Å². The van der Waals surface area contributed by atoms with E-state index >= 15 is 0 Å². The molecule has 0 fully saturated rings. The van der Waals surface area contributed by atoms with Gasteiger partial charge in [0.05, 0.1) is 14.2 Å². The maximum absolute atomic E-state index is 11.8. The molecule has 0 radical (unpaired) electrons. The lowest BCUT2D eigenvalue weighted by atomic mass is 10.1. The molecule has 0 aliphatic rings. The zero-order chi connectivity index (χ0) is 17.6. The Hall–Kier alpha value is -2.44. The molecule has 0 heterocycles. The molecular weight excluding hydrogens is 302 g/mol. The molecule has 1 atom stereocenters. The van der Waals surface area contributed by atoms with Gasteiger partial charge >= 0.3 is 12.1 Å². The first-order valence-corrected chi connectivity index (χ1v) is 7.09. The number of alkyl carbamates (subject to hydrolysis) is 1. The Balaban J connectivity index is 2.88. The summed E-state index contributed by atoms with van der Waals surface area (Å²) in [6, 6.07) is 3.94. The second-order valence-corrected chi connectivity index (χ2v) is 5.96. The number of carbonyl (C=O) groups excluding carboxylic acids is 1. The van der Waals surface area contributed by atoms with Crippen LogP contribution in [0.15, 0.2) is 18.2 Å². The largest absolute Gasteiger partial charge is 0.497 e. The van der Waals surface area contributed by atoms with Gasteiger partial charge in [-0.2, -0.15) is 0 Å². The van der Waals surface area contributed by atoms with Gasteiger partial charge in [-0.25, -0.2) is 9.59 Å². The Labute approximate surface area is 135 Å². The number of rotatable bonds is 6. The summed E-state index contributed by atoms with van der Waals surface area (Å²) in [7, 11) is 3.01. The van der Waals surface area contributed by atoms with Gasteiger partial charge < -0.3 is 24.6 Å². The second-order valence-electron chi connectivity index (χ2n) is 5.96.